The van der Waals surface area contributed by atoms with Crippen LogP contribution >= 0.6 is 0 Å². The highest BCUT2D eigenvalue weighted by atomic mass is 19.1. The number of aromatic nitrogens is 2. The number of nitrogens with one attached hydrogen (secondary N) is 2. The van der Waals surface area contributed by atoms with Crippen LogP contribution < -0.4 is 27.2 Å². The summed E-state index contributed by atoms with van der Waals surface area (Å²) in [5, 5.41) is 2.86. The maximum atomic E-state index is 13.2. The molecule has 0 saturated heterocycles. The number of hydrogen-bond acceptors (Lipinski definition) is 6. The predicted octanol–water partition coefficient (Wildman–Crippen LogP) is 1.79. The third-order valence-corrected chi connectivity index (χ3v) is 5.35. The SMILES string of the molecule is COCCn1c(N)c(N(CC(=O)NC(C)c2ccc(F)cc2)Cc2ccccc2)c(=O)[nH]c1=O. The van der Waals surface area contributed by atoms with Gasteiger partial charge < -0.3 is 20.7 Å². The Labute approximate surface area is 196 Å². The zero-order valence-electron chi connectivity index (χ0n) is 19.1. The molecule has 2 aromatic carbocycles. The Balaban J connectivity index is 1.91. The lowest BCUT2D eigenvalue weighted by molar-refractivity contribution is -0.120. The molecular formula is C24H28FN5O4. The van der Waals surface area contributed by atoms with Crippen LogP contribution in [0.5, 0.6) is 0 Å². The third kappa shape index (κ3) is 6.10. The van der Waals surface area contributed by atoms with Gasteiger partial charge in [0.05, 0.1) is 25.7 Å². The van der Waals surface area contributed by atoms with Crippen LogP contribution in [0.15, 0.2) is 64.2 Å². The molecule has 1 heterocycles. The number of carbonyl (C=O) groups is 1. The molecule has 4 N–H and O–H groups in total. The van der Waals surface area contributed by atoms with Crippen molar-refractivity contribution in [3.8, 4) is 0 Å². The van der Waals surface area contributed by atoms with Crippen molar-refractivity contribution in [2.75, 3.05) is 30.9 Å². The summed E-state index contributed by atoms with van der Waals surface area (Å²) in [5.41, 5.74) is 6.49. The zero-order valence-corrected chi connectivity index (χ0v) is 19.1. The van der Waals surface area contributed by atoms with Crippen LogP contribution in [0.2, 0.25) is 0 Å². The molecule has 34 heavy (non-hydrogen) atoms. The van der Waals surface area contributed by atoms with Crippen LogP contribution in [-0.4, -0.2) is 35.7 Å². The molecule has 0 saturated carbocycles. The lowest BCUT2D eigenvalue weighted by Gasteiger charge is -2.26. The molecule has 0 radical (unpaired) electrons. The molecule has 1 aromatic heterocycles. The van der Waals surface area contributed by atoms with Crippen LogP contribution in [0.1, 0.15) is 24.1 Å². The molecular weight excluding hydrogens is 441 g/mol. The topological polar surface area (TPSA) is 122 Å². The Morgan fingerprint density at radius 1 is 1.18 bits per heavy atom. The summed E-state index contributed by atoms with van der Waals surface area (Å²) in [6.07, 6.45) is 0. The summed E-state index contributed by atoms with van der Waals surface area (Å²) >= 11 is 0. The van der Waals surface area contributed by atoms with Crippen LogP contribution in [0.3, 0.4) is 0 Å². The molecule has 3 aromatic rings. The molecule has 0 spiro atoms. The van der Waals surface area contributed by atoms with E-state index in [2.05, 4.69) is 10.3 Å². The van der Waals surface area contributed by atoms with Crippen molar-refractivity contribution in [3.63, 3.8) is 0 Å². The van der Waals surface area contributed by atoms with Gasteiger partial charge in [-0.3, -0.25) is 19.1 Å². The van der Waals surface area contributed by atoms with Crippen LogP contribution in [0, 0.1) is 5.82 Å². The fourth-order valence-corrected chi connectivity index (χ4v) is 3.60. The smallest absolute Gasteiger partial charge is 0.330 e. The second kappa shape index (κ2) is 11.3. The summed E-state index contributed by atoms with van der Waals surface area (Å²) in [7, 11) is 1.49. The van der Waals surface area contributed by atoms with Gasteiger partial charge in [-0.25, -0.2) is 9.18 Å². The molecule has 0 aliphatic carbocycles. The molecule has 180 valence electrons. The summed E-state index contributed by atoms with van der Waals surface area (Å²) in [5.74, 6) is -0.795. The fourth-order valence-electron chi connectivity index (χ4n) is 3.60. The largest absolute Gasteiger partial charge is 0.383 e. The molecule has 9 nitrogen and oxygen atoms in total. The lowest BCUT2D eigenvalue weighted by atomic mass is 10.1. The maximum absolute atomic E-state index is 13.2. The maximum Gasteiger partial charge on any atom is 0.330 e. The fraction of sp³-hybridized carbons (Fsp3) is 0.292. The van der Waals surface area contributed by atoms with Crippen molar-refractivity contribution in [2.45, 2.75) is 26.1 Å². The normalized spacial score (nSPS) is 11.7. The molecule has 0 aliphatic heterocycles. The van der Waals surface area contributed by atoms with Crippen LogP contribution in [-0.2, 0) is 22.6 Å². The molecule has 0 aliphatic rings. The zero-order chi connectivity index (χ0) is 24.7. The molecule has 0 bridgehead atoms. The number of H-pyrrole nitrogens is 1. The minimum atomic E-state index is -0.688. The van der Waals surface area contributed by atoms with Gasteiger partial charge in [0.1, 0.15) is 17.3 Å². The van der Waals surface area contributed by atoms with Crippen molar-refractivity contribution in [2.24, 2.45) is 0 Å². The number of anilines is 2. The first-order valence-corrected chi connectivity index (χ1v) is 10.8. The average molecular weight is 470 g/mol. The summed E-state index contributed by atoms with van der Waals surface area (Å²) in [6, 6.07) is 14.7. The highest BCUT2D eigenvalue weighted by Gasteiger charge is 2.22. The minimum Gasteiger partial charge on any atom is -0.383 e. The standard InChI is InChI=1S/C24H28FN5O4/c1-16(18-8-10-19(25)11-9-18)27-20(31)15-29(14-17-6-4-3-5-7-17)21-22(26)30(12-13-34-2)24(33)28-23(21)32/h3-11,16H,12-15,26H2,1-2H3,(H,27,31)(H,28,32,33). The van der Waals surface area contributed by atoms with E-state index in [1.54, 1.807) is 19.1 Å². The highest BCUT2D eigenvalue weighted by molar-refractivity contribution is 5.82. The molecule has 1 amide bonds. The van der Waals surface area contributed by atoms with Crippen LogP contribution in [0.4, 0.5) is 15.9 Å². The van der Waals surface area contributed by atoms with Gasteiger partial charge in [-0.15, -0.1) is 0 Å². The van der Waals surface area contributed by atoms with Gasteiger partial charge >= 0.3 is 5.69 Å². The van der Waals surface area contributed by atoms with Crippen LogP contribution in [0.25, 0.3) is 0 Å². The molecule has 1 unspecified atom stereocenters. The van der Waals surface area contributed by atoms with E-state index in [-0.39, 0.29) is 49.5 Å². The van der Waals surface area contributed by atoms with E-state index in [1.807, 2.05) is 30.3 Å². The van der Waals surface area contributed by atoms with E-state index in [9.17, 15) is 18.8 Å². The van der Waals surface area contributed by atoms with Crippen molar-refractivity contribution in [1.82, 2.24) is 14.9 Å². The number of benzene rings is 2. The number of halogens is 1. The highest BCUT2D eigenvalue weighted by Crippen LogP contribution is 2.20. The Morgan fingerprint density at radius 3 is 2.50 bits per heavy atom. The van der Waals surface area contributed by atoms with Gasteiger partial charge in [0.25, 0.3) is 5.56 Å². The quantitative estimate of drug-likeness (QED) is 0.416. The molecule has 3 rings (SSSR count). The first-order chi connectivity index (χ1) is 16.3. The first kappa shape index (κ1) is 24.7. The van der Waals surface area contributed by atoms with E-state index < -0.39 is 17.3 Å². The Hall–Kier alpha value is -3.92. The average Bonchev–Trinajstić information content (AvgIpc) is 2.79. The van der Waals surface area contributed by atoms with Crippen molar-refractivity contribution in [3.05, 3.63) is 92.4 Å². The number of ether oxygens (including phenoxy) is 1. The van der Waals surface area contributed by atoms with E-state index in [4.69, 9.17) is 10.5 Å². The minimum absolute atomic E-state index is 0.0177. The van der Waals surface area contributed by atoms with Gasteiger partial charge in [-0.1, -0.05) is 42.5 Å². The Kier molecular flexibility index (Phi) is 8.20. The lowest BCUT2D eigenvalue weighted by Crippen LogP contribution is -2.43. The summed E-state index contributed by atoms with van der Waals surface area (Å²) < 4.78 is 19.5. The number of carbonyl (C=O) groups excluding carboxylic acids is 1. The van der Waals surface area contributed by atoms with Gasteiger partial charge in [0, 0.05) is 13.7 Å². The first-order valence-electron chi connectivity index (χ1n) is 10.8. The summed E-state index contributed by atoms with van der Waals surface area (Å²) in [4.78, 5) is 41.8. The number of methoxy groups -OCH3 is 1. The van der Waals surface area contributed by atoms with Crippen molar-refractivity contribution in [1.29, 1.82) is 0 Å². The number of nitrogens with two attached hydrogens (primary N) is 1. The number of rotatable bonds is 10. The number of nitrogen functional groups attached to an aromatic ring is 1. The number of hydrogen-bond donors (Lipinski definition) is 3. The van der Waals surface area contributed by atoms with Gasteiger partial charge in [-0.05, 0) is 30.2 Å². The van der Waals surface area contributed by atoms with E-state index in [0.29, 0.717) is 0 Å². The Bertz CT molecular complexity index is 1220. The van der Waals surface area contributed by atoms with Crippen molar-refractivity contribution >= 4 is 17.4 Å². The third-order valence-electron chi connectivity index (χ3n) is 5.35. The van der Waals surface area contributed by atoms with Crippen molar-refractivity contribution < 1.29 is 13.9 Å². The second-order valence-electron chi connectivity index (χ2n) is 7.82. The Morgan fingerprint density at radius 2 is 1.85 bits per heavy atom. The number of amides is 1. The van der Waals surface area contributed by atoms with E-state index in [1.165, 1.54) is 28.7 Å². The molecule has 10 heteroatoms. The summed E-state index contributed by atoms with van der Waals surface area (Å²) in [6.45, 7) is 2.13. The number of nitrogens with zero attached hydrogens (tertiary/aromatic N) is 2. The predicted molar refractivity (Wildman–Crippen MR) is 128 cm³/mol. The van der Waals surface area contributed by atoms with Gasteiger partial charge in [0.2, 0.25) is 5.91 Å². The van der Waals surface area contributed by atoms with Gasteiger partial charge in [0.15, 0.2) is 0 Å². The van der Waals surface area contributed by atoms with Gasteiger partial charge in [-0.2, -0.15) is 0 Å². The molecule has 1 atom stereocenters. The monoisotopic (exact) mass is 469 g/mol. The molecule has 0 fully saturated rings. The van der Waals surface area contributed by atoms with E-state index in [0.717, 1.165) is 11.1 Å². The number of aromatic amines is 1. The second-order valence-corrected chi connectivity index (χ2v) is 7.82. The van der Waals surface area contributed by atoms with E-state index >= 15 is 0 Å².